The number of carbonyl (C=O) groups excluding carboxylic acids is 5. The van der Waals surface area contributed by atoms with Crippen LogP contribution < -0.4 is 47.9 Å². The van der Waals surface area contributed by atoms with Crippen molar-refractivity contribution in [2.75, 3.05) is 46.4 Å². The Hall–Kier alpha value is -6.02. The molecule has 1 heterocycles. The van der Waals surface area contributed by atoms with Crippen molar-refractivity contribution in [1.29, 1.82) is 5.26 Å². The molecule has 0 aliphatic carbocycles. The molecule has 1 aliphatic rings. The summed E-state index contributed by atoms with van der Waals surface area (Å²) in [5, 5.41) is 20.2. The van der Waals surface area contributed by atoms with Crippen molar-refractivity contribution in [2.24, 2.45) is 17.2 Å². The van der Waals surface area contributed by atoms with Crippen LogP contribution in [0.1, 0.15) is 110 Å². The molecular formula is C49H69N9O7. The van der Waals surface area contributed by atoms with E-state index in [0.29, 0.717) is 58.7 Å². The van der Waals surface area contributed by atoms with Gasteiger partial charge in [0.25, 0.3) is 5.91 Å². The van der Waals surface area contributed by atoms with Crippen molar-refractivity contribution in [3.05, 3.63) is 82.4 Å². The van der Waals surface area contributed by atoms with E-state index in [1.54, 1.807) is 36.4 Å². The second-order valence-corrected chi connectivity index (χ2v) is 16.6. The molecule has 1 aliphatic heterocycles. The van der Waals surface area contributed by atoms with E-state index < -0.39 is 53.7 Å². The van der Waals surface area contributed by atoms with E-state index in [4.69, 9.17) is 26.7 Å². The highest BCUT2D eigenvalue weighted by Crippen LogP contribution is 2.40. The number of amides is 5. The van der Waals surface area contributed by atoms with Crippen molar-refractivity contribution < 1.29 is 33.4 Å². The van der Waals surface area contributed by atoms with Gasteiger partial charge in [-0.2, -0.15) is 5.26 Å². The van der Waals surface area contributed by atoms with Crippen molar-refractivity contribution in [1.82, 2.24) is 26.2 Å². The molecule has 4 bridgehead atoms. The number of hydrogen-bond acceptors (Lipinski definition) is 11. The highest BCUT2D eigenvalue weighted by molar-refractivity contribution is 6.00. The standard InChI is InChI=1S/C49H69N9O7/c1-5-6-7-8-9-10-13-34-16-15-32(2)37(28-34)46(60)56-40(14-11-12-21-50)49(63)58(4)44-36-18-20-43(65-27-24-53)39(31-36)38-29-35(17-19-42(38)64-26-23-52)30-41(47(61)54-25-22-51)57-45(59)33(3)55-48(44)62/h15-20,28-29,31,33,40-41,44H,5-14,21,23-27,30,50,52-53H2,1-4H3,(H,54,61)(H,55,62)(H,56,60)(H,57,59)/t33-,40?,41-,44-/m0/s1. The maximum atomic E-state index is 14.9. The molecule has 65 heavy (non-hydrogen) atoms. The average Bonchev–Trinajstić information content (AvgIpc) is 3.30. The minimum atomic E-state index is -1.34. The van der Waals surface area contributed by atoms with Crippen LogP contribution in [-0.4, -0.2) is 99.0 Å². The molecular weight excluding hydrogens is 827 g/mol. The second kappa shape index (κ2) is 26.7. The lowest BCUT2D eigenvalue weighted by atomic mass is 9.93. The Balaban J connectivity index is 1.81. The van der Waals surface area contributed by atoms with E-state index in [9.17, 15) is 29.2 Å². The fraction of sp³-hybridized carbons (Fsp3) is 0.510. The number of nitrogens with two attached hydrogens (primary N) is 3. The third kappa shape index (κ3) is 15.0. The molecule has 4 rings (SSSR count). The number of unbranched alkanes of at least 4 members (excludes halogenated alkanes) is 6. The van der Waals surface area contributed by atoms with E-state index in [1.807, 2.05) is 31.2 Å². The Labute approximate surface area is 383 Å². The van der Waals surface area contributed by atoms with Crippen LogP contribution in [0.2, 0.25) is 0 Å². The van der Waals surface area contributed by atoms with Crippen LogP contribution in [0.4, 0.5) is 0 Å². The summed E-state index contributed by atoms with van der Waals surface area (Å²) in [4.78, 5) is 72.1. The van der Waals surface area contributed by atoms with Gasteiger partial charge in [-0.1, -0.05) is 63.3 Å². The zero-order valence-electron chi connectivity index (χ0n) is 38.5. The van der Waals surface area contributed by atoms with Gasteiger partial charge in [-0.25, -0.2) is 0 Å². The summed E-state index contributed by atoms with van der Waals surface area (Å²) in [5.41, 5.74) is 21.9. The smallest absolute Gasteiger partial charge is 0.252 e. The number of carbonyl (C=O) groups is 5. The van der Waals surface area contributed by atoms with E-state index >= 15 is 0 Å². The average molecular weight is 896 g/mol. The number of hydrogen-bond donors (Lipinski definition) is 7. The molecule has 10 N–H and O–H groups in total. The van der Waals surface area contributed by atoms with Crippen LogP contribution in [0.3, 0.4) is 0 Å². The minimum Gasteiger partial charge on any atom is -0.492 e. The number of nitriles is 1. The zero-order valence-corrected chi connectivity index (χ0v) is 38.5. The summed E-state index contributed by atoms with van der Waals surface area (Å²) in [6.07, 6.45) is 9.14. The Bertz CT molecular complexity index is 2120. The van der Waals surface area contributed by atoms with Crippen molar-refractivity contribution in [3.8, 4) is 28.7 Å². The number of nitrogens with one attached hydrogen (secondary N) is 4. The molecule has 3 aromatic carbocycles. The number of benzene rings is 3. The molecule has 0 saturated heterocycles. The predicted molar refractivity (Wildman–Crippen MR) is 251 cm³/mol. The molecule has 16 heteroatoms. The maximum Gasteiger partial charge on any atom is 0.252 e. The van der Waals surface area contributed by atoms with Gasteiger partial charge in [-0.15, -0.1) is 0 Å². The van der Waals surface area contributed by atoms with Crippen molar-refractivity contribution in [2.45, 2.75) is 116 Å². The number of fused-ring (bicyclic) bond motifs is 5. The summed E-state index contributed by atoms with van der Waals surface area (Å²) < 4.78 is 12.2. The largest absolute Gasteiger partial charge is 0.492 e. The van der Waals surface area contributed by atoms with Gasteiger partial charge < -0.3 is 52.8 Å². The van der Waals surface area contributed by atoms with Crippen molar-refractivity contribution in [3.63, 3.8) is 0 Å². The first-order valence-electron chi connectivity index (χ1n) is 22.9. The highest BCUT2D eigenvalue weighted by Gasteiger charge is 2.36. The van der Waals surface area contributed by atoms with Crippen LogP contribution in [0, 0.1) is 18.3 Å². The molecule has 352 valence electrons. The minimum absolute atomic E-state index is 0.0204. The van der Waals surface area contributed by atoms with Gasteiger partial charge in [0.15, 0.2) is 0 Å². The summed E-state index contributed by atoms with van der Waals surface area (Å²) in [6, 6.07) is 13.4. The molecule has 4 atom stereocenters. The van der Waals surface area contributed by atoms with Crippen molar-refractivity contribution >= 4 is 29.5 Å². The molecule has 3 aromatic rings. The lowest BCUT2D eigenvalue weighted by Crippen LogP contribution is -2.56. The molecule has 0 aromatic heterocycles. The van der Waals surface area contributed by atoms with E-state index in [2.05, 4.69) is 28.2 Å². The highest BCUT2D eigenvalue weighted by atomic mass is 16.5. The monoisotopic (exact) mass is 896 g/mol. The van der Waals surface area contributed by atoms with Crippen LogP contribution in [0.5, 0.6) is 11.5 Å². The molecule has 0 radical (unpaired) electrons. The van der Waals surface area contributed by atoms with Gasteiger partial charge in [0.05, 0.1) is 6.07 Å². The molecule has 0 spiro atoms. The van der Waals surface area contributed by atoms with E-state index in [1.165, 1.54) is 44.6 Å². The van der Waals surface area contributed by atoms with E-state index in [0.717, 1.165) is 30.4 Å². The molecule has 1 unspecified atom stereocenters. The Morgan fingerprint density at radius 3 is 2.20 bits per heavy atom. The van der Waals surface area contributed by atoms with E-state index in [-0.39, 0.29) is 45.7 Å². The van der Waals surface area contributed by atoms with Gasteiger partial charge >= 0.3 is 0 Å². The third-order valence-electron chi connectivity index (χ3n) is 11.5. The van der Waals surface area contributed by atoms with Gasteiger partial charge in [-0.05, 0) is 105 Å². The molecule has 16 nitrogen and oxygen atoms in total. The molecule has 0 fully saturated rings. The quantitative estimate of drug-likeness (QED) is 0.0532. The predicted octanol–water partition coefficient (Wildman–Crippen LogP) is 3.85. The first kappa shape index (κ1) is 51.6. The Morgan fingerprint density at radius 1 is 0.846 bits per heavy atom. The van der Waals surface area contributed by atoms with Gasteiger partial charge in [0, 0.05) is 43.2 Å². The zero-order chi connectivity index (χ0) is 47.3. The second-order valence-electron chi connectivity index (χ2n) is 16.6. The van der Waals surface area contributed by atoms with Crippen LogP contribution in [0.15, 0.2) is 54.6 Å². The van der Waals surface area contributed by atoms with Crippen LogP contribution in [-0.2, 0) is 32.0 Å². The number of aryl methyl sites for hydroxylation is 2. The normalized spacial score (nSPS) is 16.5. The SMILES string of the molecule is CCCCCCCCc1ccc(C)c(C(=O)NC(CCCCN)C(=O)N(C)[C@@H]2C(=O)N[C@@H](C)C(=O)N[C@H](C(=O)NCC#N)Cc3ccc(OCCN)c(c3)-c3cc2ccc3OCCN)c1. The Kier molecular flexibility index (Phi) is 21.2. The van der Waals surface area contributed by atoms with Gasteiger partial charge in [0.1, 0.15) is 55.4 Å². The summed E-state index contributed by atoms with van der Waals surface area (Å²) >= 11 is 0. The van der Waals surface area contributed by atoms with Gasteiger partial charge in [0.2, 0.25) is 23.6 Å². The number of rotatable bonds is 23. The van der Waals surface area contributed by atoms with Gasteiger partial charge in [-0.3, -0.25) is 24.0 Å². The first-order chi connectivity index (χ1) is 31.4. The lowest BCUT2D eigenvalue weighted by molar-refractivity contribution is -0.141. The number of likely N-dealkylation sites (N-methyl/N-ethyl adjacent to an activating group) is 1. The Morgan fingerprint density at radius 2 is 1.52 bits per heavy atom. The fourth-order valence-corrected chi connectivity index (χ4v) is 7.87. The summed E-state index contributed by atoms with van der Waals surface area (Å²) in [5.74, 6) is -2.10. The summed E-state index contributed by atoms with van der Waals surface area (Å²) in [7, 11) is 1.49. The lowest BCUT2D eigenvalue weighted by Gasteiger charge is -2.33. The molecule has 5 amide bonds. The maximum absolute atomic E-state index is 14.9. The first-order valence-corrected chi connectivity index (χ1v) is 22.9. The van der Waals surface area contributed by atoms with Crippen LogP contribution in [0.25, 0.3) is 11.1 Å². The topological polar surface area (TPSA) is 257 Å². The van der Waals surface area contributed by atoms with Crippen LogP contribution >= 0.6 is 0 Å². The molecule has 0 saturated carbocycles. The number of ether oxygens (including phenoxy) is 2. The third-order valence-corrected chi connectivity index (χ3v) is 11.5. The fourth-order valence-electron chi connectivity index (χ4n) is 7.87. The summed E-state index contributed by atoms with van der Waals surface area (Å²) in [6.45, 7) is 6.36. The number of nitrogens with zero attached hydrogens (tertiary/aromatic N) is 2.